The molecule has 1 atom stereocenters. The summed E-state index contributed by atoms with van der Waals surface area (Å²) in [6.45, 7) is 0.226. The second kappa shape index (κ2) is 11.5. The van der Waals surface area contributed by atoms with Crippen LogP contribution in [0.3, 0.4) is 0 Å². The maximum atomic E-state index is 13.5. The number of carbonyl (C=O) groups is 3. The van der Waals surface area contributed by atoms with Gasteiger partial charge < -0.3 is 24.4 Å². The van der Waals surface area contributed by atoms with E-state index in [-0.39, 0.29) is 18.9 Å². The van der Waals surface area contributed by atoms with Gasteiger partial charge in [-0.1, -0.05) is 30.3 Å². The summed E-state index contributed by atoms with van der Waals surface area (Å²) < 4.78 is 15.9. The van der Waals surface area contributed by atoms with Gasteiger partial charge in [0.15, 0.2) is 11.5 Å². The minimum Gasteiger partial charge on any atom is -0.497 e. The van der Waals surface area contributed by atoms with Crippen LogP contribution >= 0.6 is 0 Å². The molecule has 1 heterocycles. The van der Waals surface area contributed by atoms with Crippen LogP contribution in [0.2, 0.25) is 0 Å². The zero-order chi connectivity index (χ0) is 26.4. The molecular weight excluding hydrogens is 474 g/mol. The number of ether oxygens (including phenoxy) is 3. The lowest BCUT2D eigenvalue weighted by Crippen LogP contribution is -2.39. The first-order valence-electron chi connectivity index (χ1n) is 11.8. The number of anilines is 2. The van der Waals surface area contributed by atoms with Crippen LogP contribution in [0.15, 0.2) is 72.8 Å². The highest BCUT2D eigenvalue weighted by Gasteiger charge is 2.46. The minimum absolute atomic E-state index is 0.175. The average molecular weight is 504 g/mol. The molecule has 1 saturated heterocycles. The molecule has 4 amide bonds. The van der Waals surface area contributed by atoms with Gasteiger partial charge in [0.25, 0.3) is 5.91 Å². The van der Waals surface area contributed by atoms with Crippen molar-refractivity contribution in [3.05, 3.63) is 78.4 Å². The SMILES string of the molecule is COc1cccc(N2C(=O)[C@H](CC(=O)Nc3ccccc3)N(CCc3ccc(OC)c(OC)c3)C2=O)c1. The molecule has 0 radical (unpaired) electrons. The average Bonchev–Trinajstić information content (AvgIpc) is 3.15. The Morgan fingerprint density at radius 3 is 2.32 bits per heavy atom. The molecule has 1 aliphatic heterocycles. The van der Waals surface area contributed by atoms with E-state index in [1.54, 1.807) is 68.8 Å². The Balaban J connectivity index is 1.58. The number of hydrogen-bond donors (Lipinski definition) is 1. The Bertz CT molecular complexity index is 1280. The monoisotopic (exact) mass is 503 g/mol. The van der Waals surface area contributed by atoms with Crippen molar-refractivity contribution in [2.45, 2.75) is 18.9 Å². The molecule has 1 fully saturated rings. The van der Waals surface area contributed by atoms with Crippen LogP contribution in [-0.4, -0.2) is 56.7 Å². The van der Waals surface area contributed by atoms with E-state index in [0.717, 1.165) is 10.5 Å². The molecule has 0 aromatic heterocycles. The molecule has 0 saturated carbocycles. The van der Waals surface area contributed by atoms with Gasteiger partial charge in [0, 0.05) is 18.3 Å². The maximum absolute atomic E-state index is 13.5. The van der Waals surface area contributed by atoms with Crippen molar-refractivity contribution in [2.75, 3.05) is 38.1 Å². The third-order valence-corrected chi connectivity index (χ3v) is 6.16. The van der Waals surface area contributed by atoms with Crippen LogP contribution in [0.25, 0.3) is 0 Å². The third kappa shape index (κ3) is 5.66. The second-order valence-electron chi connectivity index (χ2n) is 8.42. The van der Waals surface area contributed by atoms with E-state index < -0.39 is 18.0 Å². The Kier molecular flexibility index (Phi) is 7.92. The second-order valence-corrected chi connectivity index (χ2v) is 8.42. The number of nitrogens with one attached hydrogen (secondary N) is 1. The van der Waals surface area contributed by atoms with Crippen LogP contribution in [-0.2, 0) is 16.0 Å². The summed E-state index contributed by atoms with van der Waals surface area (Å²) in [6.07, 6.45) is 0.272. The molecule has 3 aromatic carbocycles. The standard InChI is InChI=1S/C28H29N3O6/c1-35-22-11-7-10-21(17-22)31-27(33)23(18-26(32)29-20-8-5-4-6-9-20)30(28(31)34)15-14-19-12-13-24(36-2)25(16-19)37-3/h4-13,16-17,23H,14-15,18H2,1-3H3,(H,29,32)/t23-/m0/s1. The first-order valence-corrected chi connectivity index (χ1v) is 11.8. The number of benzene rings is 3. The number of imide groups is 1. The number of rotatable bonds is 10. The molecule has 9 nitrogen and oxygen atoms in total. The number of nitrogens with zero attached hydrogens (tertiary/aromatic N) is 2. The summed E-state index contributed by atoms with van der Waals surface area (Å²) in [6, 6.07) is 19.7. The zero-order valence-electron chi connectivity index (χ0n) is 21.0. The Morgan fingerprint density at radius 1 is 0.865 bits per heavy atom. The van der Waals surface area contributed by atoms with E-state index in [4.69, 9.17) is 14.2 Å². The van der Waals surface area contributed by atoms with Gasteiger partial charge in [0.1, 0.15) is 11.8 Å². The number of urea groups is 1. The first-order chi connectivity index (χ1) is 17.9. The Morgan fingerprint density at radius 2 is 1.62 bits per heavy atom. The zero-order valence-corrected chi connectivity index (χ0v) is 21.0. The van der Waals surface area contributed by atoms with Gasteiger partial charge >= 0.3 is 6.03 Å². The van der Waals surface area contributed by atoms with Crippen molar-refractivity contribution < 1.29 is 28.6 Å². The molecule has 0 unspecified atom stereocenters. The molecule has 4 rings (SSSR count). The normalized spacial score (nSPS) is 15.1. The van der Waals surface area contributed by atoms with Crippen LogP contribution < -0.4 is 24.4 Å². The molecule has 37 heavy (non-hydrogen) atoms. The van der Waals surface area contributed by atoms with Crippen LogP contribution in [0, 0.1) is 0 Å². The fourth-order valence-electron chi connectivity index (χ4n) is 4.27. The van der Waals surface area contributed by atoms with Gasteiger partial charge in [-0.05, 0) is 48.4 Å². The van der Waals surface area contributed by atoms with E-state index in [1.807, 2.05) is 18.2 Å². The number of methoxy groups -OCH3 is 3. The summed E-state index contributed by atoms with van der Waals surface area (Å²) in [4.78, 5) is 42.5. The van der Waals surface area contributed by atoms with Gasteiger partial charge in [0.2, 0.25) is 5.91 Å². The van der Waals surface area contributed by atoms with E-state index in [1.165, 1.54) is 12.0 Å². The smallest absolute Gasteiger partial charge is 0.332 e. The largest absolute Gasteiger partial charge is 0.497 e. The molecule has 1 aliphatic rings. The number of amides is 4. The lowest BCUT2D eigenvalue weighted by Gasteiger charge is -2.22. The van der Waals surface area contributed by atoms with Crippen LogP contribution in [0.5, 0.6) is 17.2 Å². The molecule has 0 spiro atoms. The van der Waals surface area contributed by atoms with E-state index in [0.29, 0.717) is 35.0 Å². The highest BCUT2D eigenvalue weighted by Crippen LogP contribution is 2.31. The molecule has 9 heteroatoms. The molecule has 0 bridgehead atoms. The lowest BCUT2D eigenvalue weighted by atomic mass is 10.1. The molecule has 192 valence electrons. The van der Waals surface area contributed by atoms with Crippen molar-refractivity contribution in [2.24, 2.45) is 0 Å². The summed E-state index contributed by atoms with van der Waals surface area (Å²) in [5, 5.41) is 2.80. The third-order valence-electron chi connectivity index (χ3n) is 6.16. The predicted octanol–water partition coefficient (Wildman–Crippen LogP) is 4.12. The predicted molar refractivity (Wildman–Crippen MR) is 139 cm³/mol. The van der Waals surface area contributed by atoms with Gasteiger partial charge in [-0.2, -0.15) is 0 Å². The van der Waals surface area contributed by atoms with Crippen molar-refractivity contribution in [1.82, 2.24) is 4.90 Å². The van der Waals surface area contributed by atoms with Crippen molar-refractivity contribution in [3.63, 3.8) is 0 Å². The van der Waals surface area contributed by atoms with Gasteiger partial charge in [-0.3, -0.25) is 9.59 Å². The summed E-state index contributed by atoms with van der Waals surface area (Å²) >= 11 is 0. The highest BCUT2D eigenvalue weighted by atomic mass is 16.5. The van der Waals surface area contributed by atoms with Crippen molar-refractivity contribution in [3.8, 4) is 17.2 Å². The lowest BCUT2D eigenvalue weighted by molar-refractivity contribution is -0.124. The Hall–Kier alpha value is -4.53. The van der Waals surface area contributed by atoms with E-state index in [2.05, 4.69) is 5.32 Å². The topological polar surface area (TPSA) is 97.4 Å². The molecule has 0 aliphatic carbocycles. The van der Waals surface area contributed by atoms with Gasteiger partial charge in [-0.15, -0.1) is 0 Å². The fraction of sp³-hybridized carbons (Fsp3) is 0.250. The van der Waals surface area contributed by atoms with Gasteiger partial charge in [-0.25, -0.2) is 9.69 Å². The first kappa shape index (κ1) is 25.6. The minimum atomic E-state index is -0.956. The summed E-state index contributed by atoms with van der Waals surface area (Å²) in [5.74, 6) is 0.856. The van der Waals surface area contributed by atoms with E-state index >= 15 is 0 Å². The van der Waals surface area contributed by atoms with Crippen LogP contribution in [0.4, 0.5) is 16.2 Å². The van der Waals surface area contributed by atoms with E-state index in [9.17, 15) is 14.4 Å². The molecule has 1 N–H and O–H groups in total. The molecule has 3 aromatic rings. The number of carbonyl (C=O) groups excluding carboxylic acids is 3. The fourth-order valence-corrected chi connectivity index (χ4v) is 4.27. The van der Waals surface area contributed by atoms with Crippen molar-refractivity contribution >= 4 is 29.2 Å². The summed E-state index contributed by atoms with van der Waals surface area (Å²) in [5.41, 5.74) is 1.90. The molecular formula is C28H29N3O6. The van der Waals surface area contributed by atoms with Gasteiger partial charge in [0.05, 0.1) is 33.4 Å². The number of para-hydroxylation sites is 1. The highest BCUT2D eigenvalue weighted by molar-refractivity contribution is 6.22. The number of hydrogen-bond acceptors (Lipinski definition) is 6. The summed E-state index contributed by atoms with van der Waals surface area (Å²) in [7, 11) is 4.63. The Labute approximate surface area is 215 Å². The quantitative estimate of drug-likeness (QED) is 0.418. The van der Waals surface area contributed by atoms with Crippen molar-refractivity contribution in [1.29, 1.82) is 0 Å². The maximum Gasteiger partial charge on any atom is 0.332 e. The van der Waals surface area contributed by atoms with Crippen LogP contribution in [0.1, 0.15) is 12.0 Å².